The predicted molar refractivity (Wildman–Crippen MR) is 83.4 cm³/mol. The van der Waals surface area contributed by atoms with Gasteiger partial charge in [0.05, 0.1) is 13.2 Å². The van der Waals surface area contributed by atoms with Gasteiger partial charge in [0.1, 0.15) is 11.6 Å². The molecular weight excluding hydrogens is 268 g/mol. The molecule has 0 saturated heterocycles. The van der Waals surface area contributed by atoms with Gasteiger partial charge in [-0.3, -0.25) is 0 Å². The highest BCUT2D eigenvalue weighted by Crippen LogP contribution is 2.22. The number of anilines is 2. The van der Waals surface area contributed by atoms with Crippen LogP contribution in [-0.2, 0) is 0 Å². The second-order valence-corrected chi connectivity index (χ2v) is 4.49. The number of nitrogens with zero attached hydrogens (tertiary/aromatic N) is 3. The Morgan fingerprint density at radius 2 is 1.71 bits per heavy atom. The van der Waals surface area contributed by atoms with Crippen molar-refractivity contribution < 1.29 is 10.2 Å². The minimum absolute atomic E-state index is 0.000436. The summed E-state index contributed by atoms with van der Waals surface area (Å²) in [6.45, 7) is 0.822. The Labute approximate surface area is 124 Å². The van der Waals surface area contributed by atoms with Crippen molar-refractivity contribution in [3.05, 3.63) is 36.4 Å². The van der Waals surface area contributed by atoms with Crippen molar-refractivity contribution in [2.24, 2.45) is 0 Å². The van der Waals surface area contributed by atoms with Crippen LogP contribution in [0.4, 0.5) is 11.6 Å². The van der Waals surface area contributed by atoms with E-state index in [4.69, 9.17) is 10.2 Å². The van der Waals surface area contributed by atoms with E-state index in [0.29, 0.717) is 30.5 Å². The fraction of sp³-hybridized carbons (Fsp3) is 0.333. The highest BCUT2D eigenvalue weighted by Gasteiger charge is 2.12. The first kappa shape index (κ1) is 15.2. The summed E-state index contributed by atoms with van der Waals surface area (Å²) in [4.78, 5) is 10.8. The third kappa shape index (κ3) is 3.90. The molecule has 0 aliphatic heterocycles. The molecule has 0 aliphatic carbocycles. The van der Waals surface area contributed by atoms with Crippen LogP contribution in [0.25, 0.3) is 11.4 Å². The third-order valence-electron chi connectivity index (χ3n) is 3.06. The molecule has 0 spiro atoms. The fourth-order valence-corrected chi connectivity index (χ4v) is 2.02. The van der Waals surface area contributed by atoms with Crippen LogP contribution in [0.3, 0.4) is 0 Å². The summed E-state index contributed by atoms with van der Waals surface area (Å²) >= 11 is 0. The first-order valence-electron chi connectivity index (χ1n) is 6.87. The molecule has 1 aromatic heterocycles. The highest BCUT2D eigenvalue weighted by atomic mass is 16.3. The zero-order valence-electron chi connectivity index (χ0n) is 12.0. The lowest BCUT2D eigenvalue weighted by atomic mass is 10.2. The van der Waals surface area contributed by atoms with E-state index in [1.807, 2.05) is 35.2 Å². The van der Waals surface area contributed by atoms with Gasteiger partial charge < -0.3 is 20.4 Å². The van der Waals surface area contributed by atoms with Gasteiger partial charge in [0, 0.05) is 31.8 Å². The maximum Gasteiger partial charge on any atom is 0.163 e. The Morgan fingerprint density at radius 1 is 1.05 bits per heavy atom. The molecule has 2 rings (SSSR count). The number of hydrogen-bond donors (Lipinski definition) is 3. The predicted octanol–water partition coefficient (Wildman–Crippen LogP) is 0.976. The molecule has 6 nitrogen and oxygen atoms in total. The first-order valence-corrected chi connectivity index (χ1v) is 6.87. The van der Waals surface area contributed by atoms with Crippen molar-refractivity contribution in [1.82, 2.24) is 9.97 Å². The normalized spacial score (nSPS) is 10.4. The van der Waals surface area contributed by atoms with E-state index in [0.717, 1.165) is 5.56 Å². The van der Waals surface area contributed by atoms with Gasteiger partial charge in [-0.05, 0) is 0 Å². The van der Waals surface area contributed by atoms with Crippen LogP contribution >= 0.6 is 0 Å². The van der Waals surface area contributed by atoms with E-state index in [1.54, 1.807) is 13.1 Å². The number of rotatable bonds is 7. The van der Waals surface area contributed by atoms with E-state index in [1.165, 1.54) is 0 Å². The zero-order chi connectivity index (χ0) is 15.1. The Bertz CT molecular complexity index is 557. The molecule has 1 heterocycles. The number of aliphatic hydroxyl groups excluding tert-OH is 2. The van der Waals surface area contributed by atoms with Gasteiger partial charge in [-0.25, -0.2) is 9.97 Å². The second kappa shape index (κ2) is 7.56. The Kier molecular flexibility index (Phi) is 5.48. The van der Waals surface area contributed by atoms with Gasteiger partial charge in [-0.15, -0.1) is 0 Å². The molecule has 3 N–H and O–H groups in total. The summed E-state index contributed by atoms with van der Waals surface area (Å²) in [5.41, 5.74) is 0.920. The number of hydrogen-bond acceptors (Lipinski definition) is 6. The molecule has 0 radical (unpaired) electrons. The highest BCUT2D eigenvalue weighted by molar-refractivity contribution is 5.61. The summed E-state index contributed by atoms with van der Waals surface area (Å²) in [5.74, 6) is 1.98. The quantitative estimate of drug-likeness (QED) is 0.704. The van der Waals surface area contributed by atoms with Crippen LogP contribution in [-0.4, -0.2) is 53.5 Å². The molecule has 0 saturated carbocycles. The van der Waals surface area contributed by atoms with Gasteiger partial charge >= 0.3 is 0 Å². The molecule has 0 bridgehead atoms. The summed E-state index contributed by atoms with van der Waals surface area (Å²) in [6.07, 6.45) is 0. The van der Waals surface area contributed by atoms with Crippen molar-refractivity contribution in [1.29, 1.82) is 0 Å². The maximum atomic E-state index is 9.16. The molecule has 1 aromatic carbocycles. The van der Waals surface area contributed by atoms with Crippen molar-refractivity contribution in [3.8, 4) is 11.4 Å². The zero-order valence-corrected chi connectivity index (χ0v) is 12.0. The smallest absolute Gasteiger partial charge is 0.163 e. The fourth-order valence-electron chi connectivity index (χ4n) is 2.02. The van der Waals surface area contributed by atoms with E-state index >= 15 is 0 Å². The van der Waals surface area contributed by atoms with E-state index in [-0.39, 0.29) is 13.2 Å². The molecule has 112 valence electrons. The van der Waals surface area contributed by atoms with Crippen molar-refractivity contribution in [2.45, 2.75) is 0 Å². The van der Waals surface area contributed by atoms with E-state index in [2.05, 4.69) is 15.3 Å². The number of aliphatic hydroxyl groups is 2. The van der Waals surface area contributed by atoms with Gasteiger partial charge in [0.2, 0.25) is 0 Å². The molecule has 0 aliphatic rings. The molecule has 0 atom stereocenters. The molecule has 0 amide bonds. The summed E-state index contributed by atoms with van der Waals surface area (Å²) in [7, 11) is 1.79. The number of benzene rings is 1. The van der Waals surface area contributed by atoms with Crippen molar-refractivity contribution in [3.63, 3.8) is 0 Å². The first-order chi connectivity index (χ1) is 10.3. The summed E-state index contributed by atoms with van der Waals surface area (Å²) in [6, 6.07) is 11.5. The number of aromatic nitrogens is 2. The minimum atomic E-state index is -0.000436. The second-order valence-electron chi connectivity index (χ2n) is 4.49. The third-order valence-corrected chi connectivity index (χ3v) is 3.06. The van der Waals surface area contributed by atoms with Gasteiger partial charge in [-0.2, -0.15) is 0 Å². The van der Waals surface area contributed by atoms with Gasteiger partial charge in [0.25, 0.3) is 0 Å². The standard InChI is InChI=1S/C15H20N4O2/c1-16-13-11-14(19(7-9-20)8-10-21)18-15(17-13)12-5-3-2-4-6-12/h2-6,11,20-21H,7-10H2,1H3,(H,16,17,18). The molecular formula is C15H20N4O2. The molecule has 6 heteroatoms. The van der Waals surface area contributed by atoms with Crippen LogP contribution in [0.2, 0.25) is 0 Å². The number of nitrogens with one attached hydrogen (secondary N) is 1. The van der Waals surface area contributed by atoms with E-state index < -0.39 is 0 Å². The molecule has 21 heavy (non-hydrogen) atoms. The Morgan fingerprint density at radius 3 is 2.29 bits per heavy atom. The lowest BCUT2D eigenvalue weighted by Crippen LogP contribution is -2.30. The Balaban J connectivity index is 2.41. The van der Waals surface area contributed by atoms with Crippen LogP contribution in [0, 0.1) is 0 Å². The average molecular weight is 288 g/mol. The van der Waals surface area contributed by atoms with Crippen LogP contribution < -0.4 is 10.2 Å². The van der Waals surface area contributed by atoms with Crippen LogP contribution in [0.15, 0.2) is 36.4 Å². The minimum Gasteiger partial charge on any atom is -0.395 e. The SMILES string of the molecule is CNc1cc(N(CCO)CCO)nc(-c2ccccc2)n1. The lowest BCUT2D eigenvalue weighted by molar-refractivity contribution is 0.280. The average Bonchev–Trinajstić information content (AvgIpc) is 2.55. The molecule has 0 unspecified atom stereocenters. The van der Waals surface area contributed by atoms with Crippen molar-refractivity contribution >= 4 is 11.6 Å². The summed E-state index contributed by atoms with van der Waals surface area (Å²) < 4.78 is 0. The van der Waals surface area contributed by atoms with E-state index in [9.17, 15) is 0 Å². The maximum absolute atomic E-state index is 9.16. The van der Waals surface area contributed by atoms with Gasteiger partial charge in [0.15, 0.2) is 5.82 Å². The topological polar surface area (TPSA) is 81.5 Å². The van der Waals surface area contributed by atoms with Crippen LogP contribution in [0.5, 0.6) is 0 Å². The largest absolute Gasteiger partial charge is 0.395 e. The molecule has 2 aromatic rings. The Hall–Kier alpha value is -2.18. The molecule has 0 fully saturated rings. The lowest BCUT2D eigenvalue weighted by Gasteiger charge is -2.22. The summed E-state index contributed by atoms with van der Waals surface area (Å²) in [5, 5.41) is 21.3. The monoisotopic (exact) mass is 288 g/mol. The van der Waals surface area contributed by atoms with Crippen molar-refractivity contribution in [2.75, 3.05) is 43.6 Å². The van der Waals surface area contributed by atoms with Gasteiger partial charge in [-0.1, -0.05) is 30.3 Å². The van der Waals surface area contributed by atoms with Crippen LogP contribution in [0.1, 0.15) is 0 Å².